The first-order valence-corrected chi connectivity index (χ1v) is 7.44. The summed E-state index contributed by atoms with van der Waals surface area (Å²) in [5, 5.41) is 2.47. The summed E-state index contributed by atoms with van der Waals surface area (Å²) in [5.41, 5.74) is 6.03. The van der Waals surface area contributed by atoms with E-state index in [-0.39, 0.29) is 23.8 Å². The maximum atomic E-state index is 13.5. The number of rotatable bonds is 7. The molecule has 1 atom stereocenters. The molecule has 1 aromatic heterocycles. The molecule has 0 radical (unpaired) electrons. The molecule has 124 valence electrons. The van der Waals surface area contributed by atoms with E-state index in [0.717, 1.165) is 31.0 Å². The highest BCUT2D eigenvalue weighted by Crippen LogP contribution is 2.16. The summed E-state index contributed by atoms with van der Waals surface area (Å²) in [6.07, 6.45) is 3.86. The predicted octanol–water partition coefficient (Wildman–Crippen LogP) is 3.07. The minimum absolute atomic E-state index is 0.0571. The molecule has 3 N–H and O–H groups in total. The highest BCUT2D eigenvalue weighted by atomic mass is 19.1. The van der Waals surface area contributed by atoms with Crippen LogP contribution in [0.4, 0.5) is 8.78 Å². The molecule has 5 nitrogen and oxygen atoms in total. The number of amides is 1. The number of unbranched alkanes of at least 4 members (excludes halogenated alkanes) is 1. The first kappa shape index (κ1) is 17.1. The number of nitrogens with two attached hydrogens (primary N) is 1. The van der Waals surface area contributed by atoms with Crippen molar-refractivity contribution < 1.29 is 18.0 Å². The van der Waals surface area contributed by atoms with Crippen LogP contribution in [-0.2, 0) is 6.54 Å². The van der Waals surface area contributed by atoms with Crippen molar-refractivity contribution in [1.82, 2.24) is 10.3 Å². The van der Waals surface area contributed by atoms with E-state index in [1.54, 1.807) is 0 Å². The molecular weight excluding hydrogens is 304 g/mol. The van der Waals surface area contributed by atoms with Gasteiger partial charge in [0.1, 0.15) is 17.9 Å². The summed E-state index contributed by atoms with van der Waals surface area (Å²) < 4.78 is 31.8. The van der Waals surface area contributed by atoms with E-state index in [4.69, 9.17) is 10.2 Å². The molecule has 1 heterocycles. The van der Waals surface area contributed by atoms with Gasteiger partial charge >= 0.3 is 0 Å². The Bertz CT molecular complexity index is 673. The van der Waals surface area contributed by atoms with Gasteiger partial charge in [-0.2, -0.15) is 0 Å². The van der Waals surface area contributed by atoms with Crippen molar-refractivity contribution in [2.45, 2.75) is 38.8 Å². The zero-order valence-electron chi connectivity index (χ0n) is 12.8. The van der Waals surface area contributed by atoms with E-state index in [1.807, 2.05) is 6.92 Å². The highest BCUT2D eigenvalue weighted by molar-refractivity contribution is 5.91. The molecule has 0 aliphatic carbocycles. The zero-order valence-corrected chi connectivity index (χ0v) is 12.8. The molecule has 23 heavy (non-hydrogen) atoms. The molecule has 7 heteroatoms. The van der Waals surface area contributed by atoms with Crippen LogP contribution in [0, 0.1) is 11.6 Å². The lowest BCUT2D eigenvalue weighted by Crippen LogP contribution is -2.24. The molecule has 0 spiro atoms. The molecule has 1 amide bonds. The van der Waals surface area contributed by atoms with Gasteiger partial charge in [-0.25, -0.2) is 13.8 Å². The Morgan fingerprint density at radius 2 is 2.22 bits per heavy atom. The SMILES string of the molecule is CCCCC(N)c1nc(C(=O)NCc2cc(F)ccc2F)co1. The summed E-state index contributed by atoms with van der Waals surface area (Å²) in [4.78, 5) is 16.0. The highest BCUT2D eigenvalue weighted by Gasteiger charge is 2.17. The van der Waals surface area contributed by atoms with Crippen molar-refractivity contribution in [1.29, 1.82) is 0 Å². The molecular formula is C16H19F2N3O2. The second-order valence-electron chi connectivity index (χ2n) is 5.24. The Morgan fingerprint density at radius 1 is 1.43 bits per heavy atom. The molecule has 1 aromatic carbocycles. The van der Waals surface area contributed by atoms with E-state index in [1.165, 1.54) is 6.26 Å². The smallest absolute Gasteiger partial charge is 0.273 e. The number of nitrogens with one attached hydrogen (secondary N) is 1. The van der Waals surface area contributed by atoms with Crippen LogP contribution >= 0.6 is 0 Å². The van der Waals surface area contributed by atoms with Gasteiger partial charge in [0.15, 0.2) is 5.69 Å². The van der Waals surface area contributed by atoms with Crippen molar-refractivity contribution in [3.63, 3.8) is 0 Å². The number of nitrogens with zero attached hydrogens (tertiary/aromatic N) is 1. The molecule has 0 fully saturated rings. The van der Waals surface area contributed by atoms with Gasteiger partial charge in [0.05, 0.1) is 6.04 Å². The first-order valence-electron chi connectivity index (χ1n) is 7.44. The number of benzene rings is 1. The minimum Gasteiger partial charge on any atom is -0.446 e. The number of aromatic nitrogens is 1. The van der Waals surface area contributed by atoms with E-state index in [0.29, 0.717) is 12.3 Å². The molecule has 0 saturated carbocycles. The fraction of sp³-hybridized carbons (Fsp3) is 0.375. The topological polar surface area (TPSA) is 81.1 Å². The van der Waals surface area contributed by atoms with Crippen LogP contribution in [0.15, 0.2) is 28.9 Å². The second-order valence-corrected chi connectivity index (χ2v) is 5.24. The predicted molar refractivity (Wildman–Crippen MR) is 80.5 cm³/mol. The number of carbonyl (C=O) groups excluding carboxylic acids is 1. The first-order chi connectivity index (χ1) is 11.0. The van der Waals surface area contributed by atoms with Gasteiger partial charge in [0.2, 0.25) is 5.89 Å². The van der Waals surface area contributed by atoms with Gasteiger partial charge in [-0.15, -0.1) is 0 Å². The average molecular weight is 323 g/mol. The number of hydrogen-bond acceptors (Lipinski definition) is 4. The molecule has 2 aromatic rings. The molecule has 0 aliphatic heterocycles. The minimum atomic E-state index is -0.589. The molecule has 0 bridgehead atoms. The summed E-state index contributed by atoms with van der Waals surface area (Å²) in [7, 11) is 0. The van der Waals surface area contributed by atoms with Crippen LogP contribution in [-0.4, -0.2) is 10.9 Å². The van der Waals surface area contributed by atoms with Crippen molar-refractivity contribution in [3.05, 3.63) is 53.2 Å². The quantitative estimate of drug-likeness (QED) is 0.820. The van der Waals surface area contributed by atoms with Crippen LogP contribution < -0.4 is 11.1 Å². The van der Waals surface area contributed by atoms with Gasteiger partial charge in [-0.3, -0.25) is 4.79 Å². The van der Waals surface area contributed by atoms with Gasteiger partial charge < -0.3 is 15.5 Å². The molecule has 2 rings (SSSR count). The number of oxazole rings is 1. The van der Waals surface area contributed by atoms with Gasteiger partial charge in [0.25, 0.3) is 5.91 Å². The summed E-state index contributed by atoms with van der Waals surface area (Å²) >= 11 is 0. The Kier molecular flexibility index (Phi) is 5.81. The maximum Gasteiger partial charge on any atom is 0.273 e. The Balaban J connectivity index is 1.96. The largest absolute Gasteiger partial charge is 0.446 e. The normalized spacial score (nSPS) is 12.2. The third kappa shape index (κ3) is 4.59. The van der Waals surface area contributed by atoms with E-state index < -0.39 is 17.5 Å². The van der Waals surface area contributed by atoms with Crippen molar-refractivity contribution in [2.24, 2.45) is 5.73 Å². The van der Waals surface area contributed by atoms with Crippen molar-refractivity contribution >= 4 is 5.91 Å². The van der Waals surface area contributed by atoms with Gasteiger partial charge in [0, 0.05) is 12.1 Å². The zero-order chi connectivity index (χ0) is 16.8. The number of carbonyl (C=O) groups is 1. The van der Waals surface area contributed by atoms with E-state index in [9.17, 15) is 13.6 Å². The third-order valence-corrected chi connectivity index (χ3v) is 3.39. The van der Waals surface area contributed by atoms with E-state index >= 15 is 0 Å². The van der Waals surface area contributed by atoms with Crippen LogP contribution in [0.1, 0.15) is 54.2 Å². The van der Waals surface area contributed by atoms with Gasteiger partial charge in [-0.1, -0.05) is 19.8 Å². The molecule has 1 unspecified atom stereocenters. The number of halogens is 2. The standard InChI is InChI=1S/C16H19F2N3O2/c1-2-3-4-13(19)16-21-14(9-23-16)15(22)20-8-10-7-11(17)5-6-12(10)18/h5-7,9,13H,2-4,8,19H2,1H3,(H,20,22). The van der Waals surface area contributed by atoms with E-state index in [2.05, 4.69) is 10.3 Å². The van der Waals surface area contributed by atoms with Crippen LogP contribution in [0.3, 0.4) is 0 Å². The van der Waals surface area contributed by atoms with Crippen LogP contribution in [0.5, 0.6) is 0 Å². The summed E-state index contributed by atoms with van der Waals surface area (Å²) in [5.74, 6) is -1.40. The Hall–Kier alpha value is -2.28. The van der Waals surface area contributed by atoms with Gasteiger partial charge in [-0.05, 0) is 24.6 Å². The summed E-state index contributed by atoms with van der Waals surface area (Å²) in [6, 6.07) is 2.70. The molecule has 0 saturated heterocycles. The lowest BCUT2D eigenvalue weighted by atomic mass is 10.1. The third-order valence-electron chi connectivity index (χ3n) is 3.39. The summed E-state index contributed by atoms with van der Waals surface area (Å²) in [6.45, 7) is 1.90. The lowest BCUT2D eigenvalue weighted by Gasteiger charge is -2.06. The average Bonchev–Trinajstić information content (AvgIpc) is 3.03. The van der Waals surface area contributed by atoms with Crippen molar-refractivity contribution in [3.8, 4) is 0 Å². The fourth-order valence-corrected chi connectivity index (χ4v) is 2.05. The van der Waals surface area contributed by atoms with Crippen molar-refractivity contribution in [2.75, 3.05) is 0 Å². The lowest BCUT2D eigenvalue weighted by molar-refractivity contribution is 0.0945. The number of hydrogen-bond donors (Lipinski definition) is 2. The van der Waals surface area contributed by atoms with Crippen LogP contribution in [0.2, 0.25) is 0 Å². The Labute approximate surface area is 132 Å². The molecule has 0 aliphatic rings. The van der Waals surface area contributed by atoms with Crippen LogP contribution in [0.25, 0.3) is 0 Å². The second kappa shape index (κ2) is 7.82. The maximum absolute atomic E-state index is 13.5. The Morgan fingerprint density at radius 3 is 2.96 bits per heavy atom. The fourth-order valence-electron chi connectivity index (χ4n) is 2.05. The monoisotopic (exact) mass is 323 g/mol.